The van der Waals surface area contributed by atoms with Crippen LogP contribution in [-0.2, 0) is 16.1 Å². The predicted octanol–water partition coefficient (Wildman–Crippen LogP) is 2.43. The minimum Gasteiger partial charge on any atom is -0.445 e. The summed E-state index contributed by atoms with van der Waals surface area (Å²) < 4.78 is 10.6. The molecule has 1 fully saturated rings. The summed E-state index contributed by atoms with van der Waals surface area (Å²) in [5.41, 5.74) is 1.01. The smallest absolute Gasteiger partial charge is 0.410 e. The number of methoxy groups -OCH3 is 1. The van der Waals surface area contributed by atoms with E-state index in [0.717, 1.165) is 24.9 Å². The Morgan fingerprint density at radius 2 is 2.17 bits per heavy atom. The highest BCUT2D eigenvalue weighted by atomic mass is 16.6. The fourth-order valence-electron chi connectivity index (χ4n) is 2.11. The minimum atomic E-state index is -0.249. The fourth-order valence-corrected chi connectivity index (χ4v) is 2.11. The first-order valence-corrected chi connectivity index (χ1v) is 6.28. The van der Waals surface area contributed by atoms with Gasteiger partial charge in [-0.2, -0.15) is 0 Å². The lowest BCUT2D eigenvalue weighted by Gasteiger charge is -2.31. The van der Waals surface area contributed by atoms with Crippen LogP contribution >= 0.6 is 0 Å². The minimum absolute atomic E-state index is 0.142. The van der Waals surface area contributed by atoms with E-state index in [1.54, 1.807) is 12.0 Å². The molecule has 0 bridgehead atoms. The Labute approximate surface area is 107 Å². The zero-order chi connectivity index (χ0) is 12.8. The van der Waals surface area contributed by atoms with Gasteiger partial charge in [-0.3, -0.25) is 0 Å². The maximum Gasteiger partial charge on any atom is 0.410 e. The van der Waals surface area contributed by atoms with Gasteiger partial charge >= 0.3 is 6.09 Å². The molecule has 1 aromatic rings. The van der Waals surface area contributed by atoms with Crippen molar-refractivity contribution >= 4 is 6.09 Å². The van der Waals surface area contributed by atoms with Crippen molar-refractivity contribution in [2.75, 3.05) is 20.2 Å². The number of amides is 1. The third-order valence-corrected chi connectivity index (χ3v) is 3.17. The molecular formula is C14H19NO3. The third kappa shape index (κ3) is 3.47. The first-order chi connectivity index (χ1) is 8.79. The molecule has 0 N–H and O–H groups in total. The average Bonchev–Trinajstić information content (AvgIpc) is 2.46. The van der Waals surface area contributed by atoms with Crippen LogP contribution in [0.25, 0.3) is 0 Å². The molecular weight excluding hydrogens is 230 g/mol. The van der Waals surface area contributed by atoms with Crippen molar-refractivity contribution in [3.8, 4) is 0 Å². The van der Waals surface area contributed by atoms with Gasteiger partial charge in [-0.05, 0) is 18.4 Å². The molecule has 0 aromatic heterocycles. The monoisotopic (exact) mass is 249 g/mol. The highest BCUT2D eigenvalue weighted by Crippen LogP contribution is 2.14. The quantitative estimate of drug-likeness (QED) is 0.826. The second-order valence-corrected chi connectivity index (χ2v) is 4.49. The first kappa shape index (κ1) is 12.9. The van der Waals surface area contributed by atoms with Crippen molar-refractivity contribution in [3.05, 3.63) is 35.9 Å². The van der Waals surface area contributed by atoms with Gasteiger partial charge in [0, 0.05) is 13.7 Å². The van der Waals surface area contributed by atoms with Crippen molar-refractivity contribution in [1.29, 1.82) is 0 Å². The molecule has 1 unspecified atom stereocenters. The van der Waals surface area contributed by atoms with Crippen LogP contribution in [0.5, 0.6) is 0 Å². The molecule has 4 nitrogen and oxygen atoms in total. The number of ether oxygens (including phenoxy) is 2. The van der Waals surface area contributed by atoms with Crippen LogP contribution in [0, 0.1) is 0 Å². The van der Waals surface area contributed by atoms with E-state index in [2.05, 4.69) is 0 Å². The van der Waals surface area contributed by atoms with Crippen molar-refractivity contribution in [2.24, 2.45) is 0 Å². The van der Waals surface area contributed by atoms with Gasteiger partial charge in [-0.1, -0.05) is 30.3 Å². The summed E-state index contributed by atoms with van der Waals surface area (Å²) in [4.78, 5) is 13.6. The summed E-state index contributed by atoms with van der Waals surface area (Å²) in [6.45, 7) is 1.71. The van der Waals surface area contributed by atoms with E-state index in [1.807, 2.05) is 30.3 Å². The van der Waals surface area contributed by atoms with Gasteiger partial charge in [0.05, 0.1) is 12.6 Å². The second kappa shape index (κ2) is 6.40. The van der Waals surface area contributed by atoms with E-state index in [-0.39, 0.29) is 12.2 Å². The van der Waals surface area contributed by atoms with Crippen LogP contribution in [0.15, 0.2) is 30.3 Å². The second-order valence-electron chi connectivity index (χ2n) is 4.49. The molecule has 1 aromatic carbocycles. The van der Waals surface area contributed by atoms with Gasteiger partial charge in [0.25, 0.3) is 0 Å². The highest BCUT2D eigenvalue weighted by Gasteiger charge is 2.24. The first-order valence-electron chi connectivity index (χ1n) is 6.28. The number of carbonyl (C=O) groups is 1. The van der Waals surface area contributed by atoms with Crippen molar-refractivity contribution in [2.45, 2.75) is 25.6 Å². The van der Waals surface area contributed by atoms with Crippen molar-refractivity contribution in [1.82, 2.24) is 4.90 Å². The number of carbonyl (C=O) groups excluding carboxylic acids is 1. The summed E-state index contributed by atoms with van der Waals surface area (Å²) in [6, 6.07) is 9.71. The number of piperidine rings is 1. The predicted molar refractivity (Wildman–Crippen MR) is 68.2 cm³/mol. The number of nitrogens with zero attached hydrogens (tertiary/aromatic N) is 1. The molecule has 18 heavy (non-hydrogen) atoms. The molecule has 1 heterocycles. The Balaban J connectivity index is 1.81. The number of benzene rings is 1. The molecule has 0 saturated carbocycles. The molecule has 1 aliphatic heterocycles. The largest absolute Gasteiger partial charge is 0.445 e. The lowest BCUT2D eigenvalue weighted by Crippen LogP contribution is -2.43. The van der Waals surface area contributed by atoms with Crippen LogP contribution in [0.2, 0.25) is 0 Å². The molecule has 0 aliphatic carbocycles. The molecule has 2 rings (SSSR count). The van der Waals surface area contributed by atoms with Gasteiger partial charge in [-0.15, -0.1) is 0 Å². The Kier molecular flexibility index (Phi) is 4.59. The lowest BCUT2D eigenvalue weighted by molar-refractivity contribution is 0.0220. The molecule has 1 saturated heterocycles. The summed E-state index contributed by atoms with van der Waals surface area (Å²) >= 11 is 0. The Morgan fingerprint density at radius 3 is 2.89 bits per heavy atom. The molecule has 1 aliphatic rings. The van der Waals surface area contributed by atoms with Gasteiger partial charge in [-0.25, -0.2) is 4.79 Å². The van der Waals surface area contributed by atoms with Crippen LogP contribution in [0.3, 0.4) is 0 Å². The fraction of sp³-hybridized carbons (Fsp3) is 0.500. The molecule has 98 valence electrons. The van der Waals surface area contributed by atoms with E-state index in [9.17, 15) is 4.79 Å². The lowest BCUT2D eigenvalue weighted by atomic mass is 10.1. The van der Waals surface area contributed by atoms with Crippen LogP contribution in [0.4, 0.5) is 4.79 Å². The molecule has 1 amide bonds. The van der Waals surface area contributed by atoms with Crippen LogP contribution in [0.1, 0.15) is 18.4 Å². The zero-order valence-electron chi connectivity index (χ0n) is 10.7. The topological polar surface area (TPSA) is 38.8 Å². The van der Waals surface area contributed by atoms with Crippen LogP contribution < -0.4 is 0 Å². The summed E-state index contributed by atoms with van der Waals surface area (Å²) in [6.07, 6.45) is 1.88. The average molecular weight is 249 g/mol. The Hall–Kier alpha value is -1.55. The zero-order valence-corrected chi connectivity index (χ0v) is 10.7. The number of hydrogen-bond donors (Lipinski definition) is 0. The van der Waals surface area contributed by atoms with Gasteiger partial charge in [0.2, 0.25) is 0 Å². The van der Waals surface area contributed by atoms with Gasteiger partial charge in [0.15, 0.2) is 0 Å². The summed E-state index contributed by atoms with van der Waals surface area (Å²) in [5.74, 6) is 0. The molecule has 1 atom stereocenters. The van der Waals surface area contributed by atoms with E-state index < -0.39 is 0 Å². The van der Waals surface area contributed by atoms with E-state index in [1.165, 1.54) is 0 Å². The number of hydrogen-bond acceptors (Lipinski definition) is 3. The van der Waals surface area contributed by atoms with Gasteiger partial charge in [0.1, 0.15) is 6.61 Å². The molecule has 0 radical (unpaired) electrons. The number of likely N-dealkylation sites (tertiary alicyclic amines) is 1. The van der Waals surface area contributed by atoms with Crippen molar-refractivity contribution < 1.29 is 14.3 Å². The standard InChI is InChI=1S/C14H19NO3/c1-17-13-8-5-9-15(10-13)14(16)18-11-12-6-3-2-4-7-12/h2-4,6-7,13H,5,8-11H2,1H3. The molecule has 0 spiro atoms. The third-order valence-electron chi connectivity index (χ3n) is 3.17. The summed E-state index contributed by atoms with van der Waals surface area (Å²) in [7, 11) is 1.68. The highest BCUT2D eigenvalue weighted by molar-refractivity contribution is 5.67. The van der Waals surface area contributed by atoms with E-state index >= 15 is 0 Å². The SMILES string of the molecule is COC1CCCN(C(=O)OCc2ccccc2)C1. The Bertz CT molecular complexity index is 380. The van der Waals surface area contributed by atoms with E-state index in [4.69, 9.17) is 9.47 Å². The maximum absolute atomic E-state index is 11.9. The summed E-state index contributed by atoms with van der Waals surface area (Å²) in [5, 5.41) is 0. The van der Waals surface area contributed by atoms with E-state index in [0.29, 0.717) is 13.2 Å². The van der Waals surface area contributed by atoms with Crippen LogP contribution in [-0.4, -0.2) is 37.3 Å². The number of rotatable bonds is 3. The normalized spacial score (nSPS) is 19.6. The maximum atomic E-state index is 11.9. The Morgan fingerprint density at radius 1 is 1.39 bits per heavy atom. The van der Waals surface area contributed by atoms with Crippen molar-refractivity contribution in [3.63, 3.8) is 0 Å². The van der Waals surface area contributed by atoms with Gasteiger partial charge < -0.3 is 14.4 Å². The molecule has 4 heteroatoms.